The molecule has 0 bridgehead atoms. The standard InChI is InChI=1S/C23H17FN2O2/c24-17-10-8-15(9-11-17)14-16-4-3-6-19-21(23(27)28-13-12-25)18-5-1-2-7-20(18)26-22(16)19/h1-2,5,7-11,14H,3-4,6,13H2/b16-14-. The van der Waals surface area contributed by atoms with Crippen LogP contribution in [0.2, 0.25) is 0 Å². The summed E-state index contributed by atoms with van der Waals surface area (Å²) in [4.78, 5) is 17.5. The van der Waals surface area contributed by atoms with E-state index in [1.807, 2.05) is 36.4 Å². The average molecular weight is 372 g/mol. The predicted octanol–water partition coefficient (Wildman–Crippen LogP) is 4.93. The number of halogens is 1. The summed E-state index contributed by atoms with van der Waals surface area (Å²) in [5, 5.41) is 9.49. The van der Waals surface area contributed by atoms with Crippen LogP contribution in [0.15, 0.2) is 48.5 Å². The number of pyridine rings is 1. The van der Waals surface area contributed by atoms with Crippen molar-refractivity contribution in [3.8, 4) is 6.07 Å². The first kappa shape index (κ1) is 17.9. The van der Waals surface area contributed by atoms with Gasteiger partial charge in [-0.2, -0.15) is 5.26 Å². The number of rotatable bonds is 3. The van der Waals surface area contributed by atoms with E-state index < -0.39 is 5.97 Å². The first-order valence-corrected chi connectivity index (χ1v) is 9.09. The molecule has 0 aliphatic heterocycles. The van der Waals surface area contributed by atoms with Crippen LogP contribution in [0.3, 0.4) is 0 Å². The van der Waals surface area contributed by atoms with Gasteiger partial charge in [0.15, 0.2) is 6.61 Å². The lowest BCUT2D eigenvalue weighted by Crippen LogP contribution is -2.15. The molecule has 0 saturated heterocycles. The number of para-hydroxylation sites is 1. The highest BCUT2D eigenvalue weighted by Gasteiger charge is 2.25. The van der Waals surface area contributed by atoms with Crippen molar-refractivity contribution in [2.24, 2.45) is 0 Å². The lowest BCUT2D eigenvalue weighted by atomic mass is 9.86. The van der Waals surface area contributed by atoms with Crippen LogP contribution >= 0.6 is 0 Å². The molecule has 138 valence electrons. The Morgan fingerprint density at radius 3 is 2.75 bits per heavy atom. The Morgan fingerprint density at radius 1 is 1.18 bits per heavy atom. The van der Waals surface area contributed by atoms with Crippen LogP contribution in [0.5, 0.6) is 0 Å². The van der Waals surface area contributed by atoms with Crippen molar-refractivity contribution in [1.29, 1.82) is 5.26 Å². The molecule has 3 aromatic rings. The minimum Gasteiger partial charge on any atom is -0.447 e. The van der Waals surface area contributed by atoms with Gasteiger partial charge in [0, 0.05) is 5.39 Å². The summed E-state index contributed by atoms with van der Waals surface area (Å²) in [5.41, 5.74) is 4.71. The first-order valence-electron chi connectivity index (χ1n) is 9.09. The summed E-state index contributed by atoms with van der Waals surface area (Å²) in [7, 11) is 0. The van der Waals surface area contributed by atoms with Gasteiger partial charge in [0.25, 0.3) is 0 Å². The maximum absolute atomic E-state index is 13.2. The Bertz CT molecular complexity index is 1130. The van der Waals surface area contributed by atoms with E-state index in [9.17, 15) is 9.18 Å². The third-order valence-electron chi connectivity index (χ3n) is 4.85. The van der Waals surface area contributed by atoms with Crippen molar-refractivity contribution in [2.45, 2.75) is 19.3 Å². The Hall–Kier alpha value is -3.52. The van der Waals surface area contributed by atoms with Gasteiger partial charge in [0.2, 0.25) is 0 Å². The largest absolute Gasteiger partial charge is 0.447 e. The van der Waals surface area contributed by atoms with Gasteiger partial charge >= 0.3 is 5.97 Å². The van der Waals surface area contributed by atoms with Crippen LogP contribution in [0.4, 0.5) is 4.39 Å². The number of allylic oxidation sites excluding steroid dienone is 1. The lowest BCUT2D eigenvalue weighted by molar-refractivity contribution is 0.0556. The smallest absolute Gasteiger partial charge is 0.340 e. The fourth-order valence-corrected chi connectivity index (χ4v) is 3.64. The van der Waals surface area contributed by atoms with E-state index in [0.717, 1.165) is 40.6 Å². The molecule has 2 aromatic carbocycles. The maximum atomic E-state index is 13.2. The minimum absolute atomic E-state index is 0.280. The van der Waals surface area contributed by atoms with Crippen LogP contribution in [-0.2, 0) is 11.2 Å². The number of carbonyl (C=O) groups excluding carboxylic acids is 1. The van der Waals surface area contributed by atoms with Crippen LogP contribution in [0.25, 0.3) is 22.6 Å². The van der Waals surface area contributed by atoms with Gasteiger partial charge in [-0.3, -0.25) is 0 Å². The van der Waals surface area contributed by atoms with Crippen molar-refractivity contribution < 1.29 is 13.9 Å². The Labute approximate surface area is 161 Å². The second kappa shape index (κ2) is 7.61. The molecule has 0 N–H and O–H groups in total. The molecule has 5 heteroatoms. The molecule has 4 nitrogen and oxygen atoms in total. The number of nitrogens with zero attached hydrogens (tertiary/aromatic N) is 2. The summed E-state index contributed by atoms with van der Waals surface area (Å²) < 4.78 is 18.3. The maximum Gasteiger partial charge on any atom is 0.340 e. The van der Waals surface area contributed by atoms with Gasteiger partial charge < -0.3 is 4.74 Å². The Morgan fingerprint density at radius 2 is 1.96 bits per heavy atom. The monoisotopic (exact) mass is 372 g/mol. The lowest BCUT2D eigenvalue weighted by Gasteiger charge is -2.22. The normalized spacial score (nSPS) is 14.5. The number of ether oxygens (including phenoxy) is 1. The van der Waals surface area contributed by atoms with E-state index in [-0.39, 0.29) is 12.4 Å². The van der Waals surface area contributed by atoms with E-state index >= 15 is 0 Å². The van der Waals surface area contributed by atoms with Gasteiger partial charge in [-0.25, -0.2) is 14.2 Å². The molecule has 4 rings (SSSR count). The number of esters is 1. The molecule has 1 aliphatic rings. The average Bonchev–Trinajstić information content (AvgIpc) is 2.72. The fraction of sp³-hybridized carbons (Fsp3) is 0.174. The minimum atomic E-state index is -0.501. The van der Waals surface area contributed by atoms with E-state index in [0.29, 0.717) is 17.5 Å². The van der Waals surface area contributed by atoms with Crippen LogP contribution in [0, 0.1) is 17.1 Å². The molecular weight excluding hydrogens is 355 g/mol. The van der Waals surface area contributed by atoms with Crippen LogP contribution in [-0.4, -0.2) is 17.6 Å². The Balaban J connectivity index is 1.90. The molecule has 0 unspecified atom stereocenters. The fourth-order valence-electron chi connectivity index (χ4n) is 3.64. The van der Waals surface area contributed by atoms with Crippen LogP contribution < -0.4 is 0 Å². The highest BCUT2D eigenvalue weighted by molar-refractivity contribution is 6.06. The summed E-state index contributed by atoms with van der Waals surface area (Å²) in [6.45, 7) is -0.289. The SMILES string of the molecule is N#CCOC(=O)c1c2c(nc3ccccc13)/C(=C\c1ccc(F)cc1)CCC2. The molecule has 1 heterocycles. The predicted molar refractivity (Wildman–Crippen MR) is 105 cm³/mol. The zero-order chi connectivity index (χ0) is 19.5. The molecule has 1 aromatic heterocycles. The molecule has 0 amide bonds. The third kappa shape index (κ3) is 3.37. The van der Waals surface area contributed by atoms with Crippen molar-refractivity contribution in [3.05, 3.63) is 76.7 Å². The van der Waals surface area contributed by atoms with Crippen molar-refractivity contribution in [3.63, 3.8) is 0 Å². The molecule has 0 atom stereocenters. The molecule has 1 aliphatic carbocycles. The number of carbonyl (C=O) groups is 1. The summed E-state index contributed by atoms with van der Waals surface area (Å²) in [5.74, 6) is -0.780. The molecule has 0 spiro atoms. The zero-order valence-electron chi connectivity index (χ0n) is 15.1. The number of hydrogen-bond acceptors (Lipinski definition) is 4. The third-order valence-corrected chi connectivity index (χ3v) is 4.85. The quantitative estimate of drug-likeness (QED) is 0.612. The summed E-state index contributed by atoms with van der Waals surface area (Å²) >= 11 is 0. The second-order valence-corrected chi connectivity index (χ2v) is 6.64. The number of hydrogen-bond donors (Lipinski definition) is 0. The van der Waals surface area contributed by atoms with Gasteiger partial charge in [-0.05, 0) is 60.2 Å². The number of nitriles is 1. The molecule has 0 saturated carbocycles. The van der Waals surface area contributed by atoms with Gasteiger partial charge in [0.05, 0.1) is 16.8 Å². The van der Waals surface area contributed by atoms with Crippen molar-refractivity contribution in [1.82, 2.24) is 4.98 Å². The second-order valence-electron chi connectivity index (χ2n) is 6.64. The molecular formula is C23H17FN2O2. The summed E-state index contributed by atoms with van der Waals surface area (Å²) in [6, 6.07) is 15.6. The number of aromatic nitrogens is 1. The molecule has 28 heavy (non-hydrogen) atoms. The van der Waals surface area contributed by atoms with Crippen LogP contribution in [0.1, 0.15) is 40.0 Å². The first-order chi connectivity index (χ1) is 13.7. The number of fused-ring (bicyclic) bond motifs is 2. The zero-order valence-corrected chi connectivity index (χ0v) is 15.1. The van der Waals surface area contributed by atoms with Gasteiger partial charge in [-0.1, -0.05) is 30.3 Å². The van der Waals surface area contributed by atoms with E-state index in [1.165, 1.54) is 12.1 Å². The van der Waals surface area contributed by atoms with Gasteiger partial charge in [-0.15, -0.1) is 0 Å². The highest BCUT2D eigenvalue weighted by atomic mass is 19.1. The highest BCUT2D eigenvalue weighted by Crippen LogP contribution is 2.36. The van der Waals surface area contributed by atoms with E-state index in [4.69, 9.17) is 15.0 Å². The topological polar surface area (TPSA) is 63.0 Å². The number of benzene rings is 2. The van der Waals surface area contributed by atoms with Crippen molar-refractivity contribution in [2.75, 3.05) is 6.61 Å². The van der Waals surface area contributed by atoms with Gasteiger partial charge in [0.1, 0.15) is 11.9 Å². The molecule has 0 fully saturated rings. The van der Waals surface area contributed by atoms with E-state index in [1.54, 1.807) is 12.1 Å². The summed E-state index contributed by atoms with van der Waals surface area (Å²) in [6.07, 6.45) is 4.40. The van der Waals surface area contributed by atoms with Crippen molar-refractivity contribution >= 4 is 28.5 Å². The molecule has 0 radical (unpaired) electrons. The Kier molecular flexibility index (Phi) is 4.86. The van der Waals surface area contributed by atoms with E-state index in [2.05, 4.69) is 0 Å².